The number of hydrogen-bond acceptors (Lipinski definition) is 1. The summed E-state index contributed by atoms with van der Waals surface area (Å²) in [7, 11) is 0. The van der Waals surface area contributed by atoms with E-state index in [1.54, 1.807) is 12.1 Å². The lowest BCUT2D eigenvalue weighted by molar-refractivity contribution is -0.117. The summed E-state index contributed by atoms with van der Waals surface area (Å²) in [5, 5.41) is 0.887. The summed E-state index contributed by atoms with van der Waals surface area (Å²) >= 11 is 15.0. The quantitative estimate of drug-likeness (QED) is 0.833. The van der Waals surface area contributed by atoms with Crippen LogP contribution in [0.25, 0.3) is 0 Å². The maximum absolute atomic E-state index is 10.7. The van der Waals surface area contributed by atoms with Crippen molar-refractivity contribution in [2.45, 2.75) is 6.42 Å². The minimum absolute atomic E-state index is 0.0527. The van der Waals surface area contributed by atoms with Crippen LogP contribution in [0.15, 0.2) is 16.6 Å². The number of amides is 1. The molecule has 13 heavy (non-hydrogen) atoms. The molecular formula is C8H6BrCl2NO. The molecule has 0 bridgehead atoms. The Balaban J connectivity index is 3.17. The molecule has 0 saturated heterocycles. The van der Waals surface area contributed by atoms with E-state index >= 15 is 0 Å². The molecule has 0 aliphatic rings. The molecule has 5 heteroatoms. The highest BCUT2D eigenvalue weighted by Crippen LogP contribution is 2.31. The summed E-state index contributed by atoms with van der Waals surface area (Å²) in [4.78, 5) is 10.7. The van der Waals surface area contributed by atoms with Crippen molar-refractivity contribution in [1.82, 2.24) is 0 Å². The van der Waals surface area contributed by atoms with Gasteiger partial charge >= 0.3 is 0 Å². The summed E-state index contributed by atoms with van der Waals surface area (Å²) in [5.74, 6) is -0.457. The van der Waals surface area contributed by atoms with Crippen LogP contribution in [0.4, 0.5) is 0 Å². The zero-order valence-electron chi connectivity index (χ0n) is 6.48. The molecule has 1 rings (SSSR count). The van der Waals surface area contributed by atoms with Crippen LogP contribution in [0.3, 0.4) is 0 Å². The number of primary amides is 1. The van der Waals surface area contributed by atoms with E-state index in [2.05, 4.69) is 15.9 Å². The van der Waals surface area contributed by atoms with Gasteiger partial charge in [-0.25, -0.2) is 0 Å². The van der Waals surface area contributed by atoms with Gasteiger partial charge in [0.2, 0.25) is 5.91 Å². The first-order valence-corrected chi connectivity index (χ1v) is 4.98. The first-order valence-electron chi connectivity index (χ1n) is 3.43. The molecule has 0 aliphatic carbocycles. The Labute approximate surface area is 94.1 Å². The van der Waals surface area contributed by atoms with Gasteiger partial charge in [0, 0.05) is 9.50 Å². The third kappa shape index (κ3) is 2.59. The van der Waals surface area contributed by atoms with Gasteiger partial charge in [0.15, 0.2) is 0 Å². The van der Waals surface area contributed by atoms with Crippen molar-refractivity contribution in [2.24, 2.45) is 5.73 Å². The number of nitrogens with two attached hydrogens (primary N) is 1. The summed E-state index contributed by atoms with van der Waals surface area (Å²) in [6.07, 6.45) is 0.0527. The Morgan fingerprint density at radius 1 is 1.46 bits per heavy atom. The predicted octanol–water partition coefficient (Wildman–Crippen LogP) is 2.78. The van der Waals surface area contributed by atoms with Gasteiger partial charge in [-0.15, -0.1) is 0 Å². The molecule has 0 atom stereocenters. The van der Waals surface area contributed by atoms with E-state index in [-0.39, 0.29) is 6.42 Å². The van der Waals surface area contributed by atoms with E-state index < -0.39 is 5.91 Å². The number of benzene rings is 1. The van der Waals surface area contributed by atoms with Crippen LogP contribution < -0.4 is 5.73 Å². The normalized spacial score (nSPS) is 10.1. The molecule has 0 unspecified atom stereocenters. The van der Waals surface area contributed by atoms with Gasteiger partial charge in [0.05, 0.1) is 11.4 Å². The Morgan fingerprint density at radius 2 is 2.08 bits per heavy atom. The molecule has 2 nitrogen and oxygen atoms in total. The molecule has 0 heterocycles. The fourth-order valence-corrected chi connectivity index (χ4v) is 1.78. The number of carbonyl (C=O) groups excluding carboxylic acids is 1. The zero-order chi connectivity index (χ0) is 10.0. The fourth-order valence-electron chi connectivity index (χ4n) is 0.905. The lowest BCUT2D eigenvalue weighted by Crippen LogP contribution is -2.14. The van der Waals surface area contributed by atoms with Crippen molar-refractivity contribution in [3.05, 3.63) is 32.2 Å². The summed E-state index contributed by atoms with van der Waals surface area (Å²) < 4.78 is 0.704. The third-order valence-corrected chi connectivity index (χ3v) is 3.16. The molecular weight excluding hydrogens is 277 g/mol. The molecule has 70 valence electrons. The molecule has 0 radical (unpaired) electrons. The number of rotatable bonds is 2. The van der Waals surface area contributed by atoms with Crippen LogP contribution in [-0.4, -0.2) is 5.91 Å². The summed E-state index contributed by atoms with van der Waals surface area (Å²) in [6, 6.07) is 3.38. The largest absolute Gasteiger partial charge is 0.369 e. The first kappa shape index (κ1) is 10.8. The van der Waals surface area contributed by atoms with Gasteiger partial charge in [0.25, 0.3) is 0 Å². The monoisotopic (exact) mass is 281 g/mol. The van der Waals surface area contributed by atoms with Gasteiger partial charge in [-0.2, -0.15) is 0 Å². The van der Waals surface area contributed by atoms with Gasteiger partial charge in [-0.05, 0) is 33.6 Å². The minimum Gasteiger partial charge on any atom is -0.369 e. The van der Waals surface area contributed by atoms with Crippen molar-refractivity contribution in [2.75, 3.05) is 0 Å². The second-order valence-electron chi connectivity index (χ2n) is 2.46. The van der Waals surface area contributed by atoms with Crippen LogP contribution in [0, 0.1) is 0 Å². The topological polar surface area (TPSA) is 43.1 Å². The van der Waals surface area contributed by atoms with Crippen molar-refractivity contribution >= 4 is 45.0 Å². The van der Waals surface area contributed by atoms with Gasteiger partial charge in [-0.1, -0.05) is 23.2 Å². The Bertz CT molecular complexity index is 354. The van der Waals surface area contributed by atoms with E-state index in [1.807, 2.05) is 0 Å². The minimum atomic E-state index is -0.457. The van der Waals surface area contributed by atoms with Crippen LogP contribution in [-0.2, 0) is 11.2 Å². The maximum Gasteiger partial charge on any atom is 0.221 e. The molecule has 1 amide bonds. The fraction of sp³-hybridized carbons (Fsp3) is 0.125. The number of hydrogen-bond donors (Lipinski definition) is 1. The molecule has 0 aliphatic heterocycles. The summed E-state index contributed by atoms with van der Waals surface area (Å²) in [5.41, 5.74) is 5.60. The van der Waals surface area contributed by atoms with E-state index in [0.29, 0.717) is 20.1 Å². The highest BCUT2D eigenvalue weighted by atomic mass is 79.9. The average molecular weight is 283 g/mol. The third-order valence-electron chi connectivity index (χ3n) is 1.49. The van der Waals surface area contributed by atoms with Crippen LogP contribution in [0.2, 0.25) is 10.0 Å². The first-order chi connectivity index (χ1) is 6.02. The second kappa shape index (κ2) is 4.31. The lowest BCUT2D eigenvalue weighted by Gasteiger charge is -2.05. The van der Waals surface area contributed by atoms with Crippen molar-refractivity contribution in [1.29, 1.82) is 0 Å². The van der Waals surface area contributed by atoms with Crippen LogP contribution in [0.1, 0.15) is 5.56 Å². The summed E-state index contributed by atoms with van der Waals surface area (Å²) in [6.45, 7) is 0. The Hall–Kier alpha value is -0.250. The standard InChI is InChI=1S/C8H6BrCl2NO/c9-5-1-2-6(10)4(8(5)11)3-7(12)13/h1-2H,3H2,(H2,12,13). The van der Waals surface area contributed by atoms with Crippen molar-refractivity contribution in [3.8, 4) is 0 Å². The Morgan fingerprint density at radius 3 is 2.62 bits per heavy atom. The molecule has 0 aromatic heterocycles. The van der Waals surface area contributed by atoms with E-state index in [4.69, 9.17) is 28.9 Å². The average Bonchev–Trinajstić information content (AvgIpc) is 2.05. The highest BCUT2D eigenvalue weighted by Gasteiger charge is 2.11. The van der Waals surface area contributed by atoms with E-state index in [0.717, 1.165) is 0 Å². The smallest absolute Gasteiger partial charge is 0.221 e. The molecule has 0 fully saturated rings. The van der Waals surface area contributed by atoms with E-state index in [1.165, 1.54) is 0 Å². The molecule has 2 N–H and O–H groups in total. The van der Waals surface area contributed by atoms with Crippen LogP contribution in [0.5, 0.6) is 0 Å². The lowest BCUT2D eigenvalue weighted by atomic mass is 10.1. The van der Waals surface area contributed by atoms with Crippen molar-refractivity contribution in [3.63, 3.8) is 0 Å². The Kier molecular flexibility index (Phi) is 3.59. The van der Waals surface area contributed by atoms with Gasteiger partial charge in [-0.3, -0.25) is 4.79 Å². The highest BCUT2D eigenvalue weighted by molar-refractivity contribution is 9.10. The van der Waals surface area contributed by atoms with Crippen LogP contribution >= 0.6 is 39.1 Å². The molecule has 1 aromatic rings. The van der Waals surface area contributed by atoms with Gasteiger partial charge < -0.3 is 5.73 Å². The molecule has 0 spiro atoms. The maximum atomic E-state index is 10.7. The van der Waals surface area contributed by atoms with Gasteiger partial charge in [0.1, 0.15) is 0 Å². The van der Waals surface area contributed by atoms with E-state index in [9.17, 15) is 4.79 Å². The second-order valence-corrected chi connectivity index (χ2v) is 4.10. The van der Waals surface area contributed by atoms with Crippen molar-refractivity contribution < 1.29 is 4.79 Å². The number of carbonyl (C=O) groups is 1. The molecule has 1 aromatic carbocycles. The number of halogens is 3. The predicted molar refractivity (Wildman–Crippen MR) is 57.1 cm³/mol. The SMILES string of the molecule is NC(=O)Cc1c(Cl)ccc(Br)c1Cl. The zero-order valence-corrected chi connectivity index (χ0v) is 9.58. The molecule has 0 saturated carbocycles.